The Kier molecular flexibility index (Phi) is 2.59. The molecule has 0 radical (unpaired) electrons. The molecular weight excluding hydrogens is 203 g/mol. The SMILES string of the molecule is O=C(O)c1c(C(F)F)c(F)c[nH]c1=O. The van der Waals surface area contributed by atoms with Gasteiger partial charge in [-0.05, 0) is 0 Å². The van der Waals surface area contributed by atoms with Crippen molar-refractivity contribution in [3.63, 3.8) is 0 Å². The predicted molar refractivity (Wildman–Crippen MR) is 38.9 cm³/mol. The third-order valence-electron chi connectivity index (χ3n) is 1.52. The molecule has 7 heteroatoms. The lowest BCUT2D eigenvalue weighted by Gasteiger charge is -2.04. The van der Waals surface area contributed by atoms with Crippen molar-refractivity contribution >= 4 is 5.97 Å². The third kappa shape index (κ3) is 1.61. The van der Waals surface area contributed by atoms with Crippen LogP contribution in [0.25, 0.3) is 0 Å². The second-order valence-corrected chi connectivity index (χ2v) is 2.36. The predicted octanol–water partition coefficient (Wildman–Crippen LogP) is 1.15. The number of aromatic nitrogens is 1. The van der Waals surface area contributed by atoms with Crippen LogP contribution in [0, 0.1) is 5.82 Å². The van der Waals surface area contributed by atoms with Crippen LogP contribution in [0.15, 0.2) is 11.0 Å². The fraction of sp³-hybridized carbons (Fsp3) is 0.143. The monoisotopic (exact) mass is 207 g/mol. The quantitative estimate of drug-likeness (QED) is 0.764. The van der Waals surface area contributed by atoms with Gasteiger partial charge in [-0.1, -0.05) is 0 Å². The van der Waals surface area contributed by atoms with Crippen molar-refractivity contribution in [2.45, 2.75) is 6.43 Å². The van der Waals surface area contributed by atoms with E-state index in [4.69, 9.17) is 5.11 Å². The fourth-order valence-electron chi connectivity index (χ4n) is 0.946. The number of carbonyl (C=O) groups is 1. The Balaban J connectivity index is 3.58. The molecule has 1 heterocycles. The number of hydrogen-bond acceptors (Lipinski definition) is 2. The van der Waals surface area contributed by atoms with Gasteiger partial charge in [0.1, 0.15) is 11.4 Å². The zero-order valence-corrected chi connectivity index (χ0v) is 6.55. The van der Waals surface area contributed by atoms with E-state index in [2.05, 4.69) is 0 Å². The summed E-state index contributed by atoms with van der Waals surface area (Å²) in [6.07, 6.45) is -2.95. The van der Waals surface area contributed by atoms with Crippen LogP contribution < -0.4 is 5.56 Å². The van der Waals surface area contributed by atoms with Crippen LogP contribution >= 0.6 is 0 Å². The number of rotatable bonds is 2. The molecular formula is C7H4F3NO3. The largest absolute Gasteiger partial charge is 0.477 e. The van der Waals surface area contributed by atoms with Gasteiger partial charge in [0.25, 0.3) is 12.0 Å². The van der Waals surface area contributed by atoms with Crippen LogP contribution in [0.1, 0.15) is 22.3 Å². The minimum atomic E-state index is -3.34. The van der Waals surface area contributed by atoms with Gasteiger partial charge in [0.05, 0.1) is 5.56 Å². The standard InChI is InChI=1S/C7H4F3NO3/c8-2-1-11-6(12)4(7(13)14)3(2)5(9)10/h1,5H,(H,11,12)(H,13,14). The first-order valence-electron chi connectivity index (χ1n) is 3.37. The summed E-state index contributed by atoms with van der Waals surface area (Å²) in [7, 11) is 0. The fourth-order valence-corrected chi connectivity index (χ4v) is 0.946. The normalized spacial score (nSPS) is 10.6. The van der Waals surface area contributed by atoms with Gasteiger partial charge in [-0.15, -0.1) is 0 Å². The molecule has 1 rings (SSSR count). The van der Waals surface area contributed by atoms with Crippen molar-refractivity contribution in [2.75, 3.05) is 0 Å². The van der Waals surface area contributed by atoms with Crippen LogP contribution in [0.4, 0.5) is 13.2 Å². The van der Waals surface area contributed by atoms with Crippen LogP contribution in [-0.2, 0) is 0 Å². The summed E-state index contributed by atoms with van der Waals surface area (Å²) in [5, 5.41) is 8.40. The van der Waals surface area contributed by atoms with Gasteiger partial charge < -0.3 is 10.1 Å². The van der Waals surface area contributed by atoms with E-state index < -0.39 is 34.9 Å². The molecule has 0 aliphatic carbocycles. The number of halogens is 3. The number of nitrogens with one attached hydrogen (secondary N) is 1. The Morgan fingerprint density at radius 1 is 1.50 bits per heavy atom. The average molecular weight is 207 g/mol. The average Bonchev–Trinajstić information content (AvgIpc) is 2.07. The summed E-state index contributed by atoms with van der Waals surface area (Å²) >= 11 is 0. The third-order valence-corrected chi connectivity index (χ3v) is 1.52. The van der Waals surface area contributed by atoms with Gasteiger partial charge in [0.15, 0.2) is 0 Å². The summed E-state index contributed by atoms with van der Waals surface area (Å²) in [6, 6.07) is 0. The van der Waals surface area contributed by atoms with Gasteiger partial charge in [0.2, 0.25) is 0 Å². The number of aromatic carboxylic acids is 1. The highest BCUT2D eigenvalue weighted by molar-refractivity contribution is 5.89. The lowest BCUT2D eigenvalue weighted by Crippen LogP contribution is -2.21. The van der Waals surface area contributed by atoms with Gasteiger partial charge >= 0.3 is 5.97 Å². The summed E-state index contributed by atoms with van der Waals surface area (Å²) in [5.41, 5.74) is -3.91. The number of carboxylic acid groups (broad SMARTS) is 1. The van der Waals surface area contributed by atoms with Crippen LogP contribution in [-0.4, -0.2) is 16.1 Å². The van der Waals surface area contributed by atoms with Crippen molar-refractivity contribution in [2.24, 2.45) is 0 Å². The highest BCUT2D eigenvalue weighted by Crippen LogP contribution is 2.23. The van der Waals surface area contributed by atoms with Crippen molar-refractivity contribution in [1.82, 2.24) is 4.98 Å². The number of H-pyrrole nitrogens is 1. The highest BCUT2D eigenvalue weighted by Gasteiger charge is 2.25. The molecule has 4 nitrogen and oxygen atoms in total. The lowest BCUT2D eigenvalue weighted by molar-refractivity contribution is 0.0679. The molecule has 0 aliphatic heterocycles. The van der Waals surface area contributed by atoms with E-state index in [-0.39, 0.29) is 0 Å². The zero-order chi connectivity index (χ0) is 10.9. The number of pyridine rings is 1. The molecule has 2 N–H and O–H groups in total. The van der Waals surface area contributed by atoms with E-state index in [9.17, 15) is 22.8 Å². The Morgan fingerprint density at radius 3 is 2.43 bits per heavy atom. The van der Waals surface area contributed by atoms with Crippen LogP contribution in [0.5, 0.6) is 0 Å². The van der Waals surface area contributed by atoms with E-state index in [1.807, 2.05) is 0 Å². The zero-order valence-electron chi connectivity index (χ0n) is 6.55. The molecule has 0 saturated carbocycles. The van der Waals surface area contributed by atoms with E-state index in [1.165, 1.54) is 0 Å². The highest BCUT2D eigenvalue weighted by atomic mass is 19.3. The first-order chi connectivity index (χ1) is 6.45. The van der Waals surface area contributed by atoms with E-state index >= 15 is 0 Å². The molecule has 0 bridgehead atoms. The van der Waals surface area contributed by atoms with E-state index in [0.717, 1.165) is 0 Å². The molecule has 0 aliphatic rings. The number of hydrogen-bond donors (Lipinski definition) is 2. The van der Waals surface area contributed by atoms with Crippen molar-refractivity contribution in [3.8, 4) is 0 Å². The molecule has 0 fully saturated rings. The maximum absolute atomic E-state index is 12.7. The second kappa shape index (κ2) is 3.52. The molecule has 1 aromatic heterocycles. The smallest absolute Gasteiger partial charge is 0.341 e. The first kappa shape index (κ1) is 10.3. The van der Waals surface area contributed by atoms with Gasteiger partial charge in [-0.3, -0.25) is 4.79 Å². The summed E-state index contributed by atoms with van der Waals surface area (Å²) in [5.74, 6) is -3.34. The number of aromatic amines is 1. The molecule has 0 spiro atoms. The lowest BCUT2D eigenvalue weighted by atomic mass is 10.1. The number of alkyl halides is 2. The molecule has 0 amide bonds. The first-order valence-corrected chi connectivity index (χ1v) is 3.37. The molecule has 0 aromatic carbocycles. The van der Waals surface area contributed by atoms with Crippen molar-refractivity contribution in [1.29, 1.82) is 0 Å². The van der Waals surface area contributed by atoms with E-state index in [1.54, 1.807) is 4.98 Å². The van der Waals surface area contributed by atoms with Gasteiger partial charge in [-0.2, -0.15) is 0 Å². The second-order valence-electron chi connectivity index (χ2n) is 2.36. The molecule has 0 unspecified atom stereocenters. The molecule has 1 aromatic rings. The van der Waals surface area contributed by atoms with Crippen molar-refractivity contribution in [3.05, 3.63) is 33.5 Å². The summed E-state index contributed by atoms with van der Waals surface area (Å²) < 4.78 is 37.1. The van der Waals surface area contributed by atoms with Gasteiger partial charge in [-0.25, -0.2) is 18.0 Å². The van der Waals surface area contributed by atoms with Crippen LogP contribution in [0.2, 0.25) is 0 Å². The molecule has 76 valence electrons. The Labute approximate surface area is 75.0 Å². The molecule has 0 saturated heterocycles. The Morgan fingerprint density at radius 2 is 2.07 bits per heavy atom. The van der Waals surface area contributed by atoms with Crippen molar-refractivity contribution < 1.29 is 23.1 Å². The van der Waals surface area contributed by atoms with Crippen LogP contribution in [0.3, 0.4) is 0 Å². The minimum Gasteiger partial charge on any atom is -0.477 e. The van der Waals surface area contributed by atoms with Gasteiger partial charge in [0, 0.05) is 6.20 Å². The summed E-state index contributed by atoms with van der Waals surface area (Å²) in [4.78, 5) is 22.9. The molecule has 0 atom stereocenters. The number of carboxylic acids is 1. The Hall–Kier alpha value is -1.79. The molecule has 14 heavy (non-hydrogen) atoms. The van der Waals surface area contributed by atoms with E-state index in [0.29, 0.717) is 6.20 Å². The maximum atomic E-state index is 12.7. The Bertz CT molecular complexity index is 427. The maximum Gasteiger partial charge on any atom is 0.341 e. The summed E-state index contributed by atoms with van der Waals surface area (Å²) in [6.45, 7) is 0. The topological polar surface area (TPSA) is 70.2 Å². The minimum absolute atomic E-state index is 0.399.